The highest BCUT2D eigenvalue weighted by atomic mass is 32.2. The van der Waals surface area contributed by atoms with Gasteiger partial charge in [0, 0.05) is 5.92 Å². The van der Waals surface area contributed by atoms with E-state index in [1.807, 2.05) is 6.92 Å². The number of hydroxylamine groups is 2. The lowest BCUT2D eigenvalue weighted by Gasteiger charge is -2.49. The van der Waals surface area contributed by atoms with E-state index in [2.05, 4.69) is 9.98 Å². The summed E-state index contributed by atoms with van der Waals surface area (Å²) in [5, 5.41) is 21.3. The molecule has 1 spiro atoms. The predicted octanol–water partition coefficient (Wildman–Crippen LogP) is -1.21. The zero-order valence-corrected chi connectivity index (χ0v) is 16.8. The number of hydrogen-bond acceptors (Lipinski definition) is 11. The summed E-state index contributed by atoms with van der Waals surface area (Å²) in [4.78, 5) is 10.1. The first kappa shape index (κ1) is 19.9. The van der Waals surface area contributed by atoms with Crippen molar-refractivity contribution in [2.75, 3.05) is 13.2 Å². The highest BCUT2D eigenvalue weighted by Crippen LogP contribution is 2.48. The molecule has 158 valence electrons. The number of nitrogens with two attached hydrogens (primary N) is 2. The Balaban J connectivity index is 1.70. The summed E-state index contributed by atoms with van der Waals surface area (Å²) in [5.74, 6) is -0.696. The molecule has 1 fully saturated rings. The summed E-state index contributed by atoms with van der Waals surface area (Å²) in [6.07, 6.45) is -0.856. The molecule has 0 bridgehead atoms. The molecular formula is C17H24N6O5S. The van der Waals surface area contributed by atoms with Gasteiger partial charge in [0.05, 0.1) is 18.0 Å². The molecule has 5 atom stereocenters. The van der Waals surface area contributed by atoms with Crippen LogP contribution < -0.4 is 11.5 Å². The van der Waals surface area contributed by atoms with Crippen molar-refractivity contribution in [2.24, 2.45) is 27.4 Å². The number of benzene rings is 1. The first-order chi connectivity index (χ1) is 13.6. The van der Waals surface area contributed by atoms with Crippen LogP contribution in [-0.4, -0.2) is 77.6 Å². The van der Waals surface area contributed by atoms with Crippen LogP contribution in [0.3, 0.4) is 0 Å². The largest absolute Gasteiger partial charge is 0.394 e. The van der Waals surface area contributed by atoms with Crippen molar-refractivity contribution in [3.8, 4) is 0 Å². The lowest BCUT2D eigenvalue weighted by atomic mass is 9.83. The Hall–Kier alpha value is -2.41. The zero-order chi connectivity index (χ0) is 21.1. The smallest absolute Gasteiger partial charge is 0.297 e. The van der Waals surface area contributed by atoms with Gasteiger partial charge in [0.25, 0.3) is 10.1 Å². The topological polar surface area (TPSA) is 167 Å². The molecule has 0 radical (unpaired) electrons. The molecular weight excluding hydrogens is 400 g/mol. The molecule has 11 nitrogen and oxygen atoms in total. The Morgan fingerprint density at radius 2 is 1.90 bits per heavy atom. The van der Waals surface area contributed by atoms with E-state index >= 15 is 0 Å². The minimum absolute atomic E-state index is 0.0344. The van der Waals surface area contributed by atoms with E-state index in [0.29, 0.717) is 0 Å². The standard InChI is InChI=1S/C17H24N6O5S/c1-9-3-5-11(6-4-9)29(26,27)28-13-7-22-15(18)20-12(8-24)14-17(22,10(13)2)23(25)16(19)21-14/h3-6,10,12-14,24-25H,7-8H2,1-2H3,(H2,18,20)(H2,19,21). The van der Waals surface area contributed by atoms with Crippen LogP contribution in [0.5, 0.6) is 0 Å². The Morgan fingerprint density at radius 3 is 2.52 bits per heavy atom. The number of guanidine groups is 2. The number of nitrogens with zero attached hydrogens (tertiary/aromatic N) is 4. The molecule has 1 aromatic rings. The zero-order valence-electron chi connectivity index (χ0n) is 16.0. The molecule has 29 heavy (non-hydrogen) atoms. The van der Waals surface area contributed by atoms with Gasteiger partial charge in [-0.05, 0) is 19.1 Å². The Labute approximate surface area is 168 Å². The van der Waals surface area contributed by atoms with Gasteiger partial charge in [-0.2, -0.15) is 13.5 Å². The Morgan fingerprint density at radius 1 is 1.24 bits per heavy atom. The number of aliphatic hydroxyl groups is 1. The van der Waals surface area contributed by atoms with Crippen LogP contribution in [0.4, 0.5) is 0 Å². The molecule has 3 heterocycles. The van der Waals surface area contributed by atoms with E-state index in [1.165, 1.54) is 12.1 Å². The average molecular weight is 424 g/mol. The second kappa shape index (κ2) is 6.55. The number of hydrogen-bond donors (Lipinski definition) is 4. The highest BCUT2D eigenvalue weighted by molar-refractivity contribution is 7.86. The third-order valence-electron chi connectivity index (χ3n) is 5.97. The van der Waals surface area contributed by atoms with Gasteiger partial charge in [-0.25, -0.2) is 9.98 Å². The maximum Gasteiger partial charge on any atom is 0.297 e. The quantitative estimate of drug-likeness (QED) is 0.434. The van der Waals surface area contributed by atoms with Crippen LogP contribution in [0.1, 0.15) is 12.5 Å². The van der Waals surface area contributed by atoms with E-state index in [0.717, 1.165) is 10.6 Å². The lowest BCUT2D eigenvalue weighted by molar-refractivity contribution is -0.169. The van der Waals surface area contributed by atoms with Crippen LogP contribution in [0.25, 0.3) is 0 Å². The molecule has 1 saturated heterocycles. The Bertz CT molecular complexity index is 981. The summed E-state index contributed by atoms with van der Waals surface area (Å²) in [6.45, 7) is 3.28. The summed E-state index contributed by atoms with van der Waals surface area (Å²) in [7, 11) is -4.06. The van der Waals surface area contributed by atoms with Gasteiger partial charge in [-0.1, -0.05) is 24.6 Å². The maximum absolute atomic E-state index is 12.8. The van der Waals surface area contributed by atoms with Crippen molar-refractivity contribution in [2.45, 2.75) is 42.6 Å². The SMILES string of the molecule is Cc1ccc(S(=O)(=O)OC2CN3C(N)=NC(CO)C4N=C(N)N(O)C43C2C)cc1. The summed E-state index contributed by atoms with van der Waals surface area (Å²) >= 11 is 0. The minimum atomic E-state index is -4.06. The number of aliphatic hydroxyl groups excluding tert-OH is 1. The molecule has 12 heteroatoms. The number of aryl methyl sites for hydroxylation is 1. The fourth-order valence-electron chi connectivity index (χ4n) is 4.47. The second-order valence-corrected chi connectivity index (χ2v) is 9.14. The van der Waals surface area contributed by atoms with E-state index in [1.54, 1.807) is 24.0 Å². The normalized spacial score (nSPS) is 33.9. The number of aliphatic imine (C=N–C) groups is 2. The molecule has 5 unspecified atom stereocenters. The van der Waals surface area contributed by atoms with Crippen molar-refractivity contribution < 1.29 is 22.9 Å². The van der Waals surface area contributed by atoms with Crippen LogP contribution in [0.2, 0.25) is 0 Å². The van der Waals surface area contributed by atoms with Crippen LogP contribution in [0, 0.1) is 12.8 Å². The summed E-state index contributed by atoms with van der Waals surface area (Å²) < 4.78 is 31.2. The van der Waals surface area contributed by atoms with Gasteiger partial charge in [-0.15, -0.1) is 0 Å². The molecule has 0 amide bonds. The molecule has 0 saturated carbocycles. The molecule has 6 N–H and O–H groups in total. The summed E-state index contributed by atoms with van der Waals surface area (Å²) in [5.41, 5.74) is 11.6. The predicted molar refractivity (Wildman–Crippen MR) is 103 cm³/mol. The minimum Gasteiger partial charge on any atom is -0.394 e. The van der Waals surface area contributed by atoms with Crippen LogP contribution in [0.15, 0.2) is 39.1 Å². The van der Waals surface area contributed by atoms with Crippen molar-refractivity contribution in [1.29, 1.82) is 0 Å². The van der Waals surface area contributed by atoms with Gasteiger partial charge in [0.15, 0.2) is 11.6 Å². The average Bonchev–Trinajstić information content (AvgIpc) is 3.11. The van der Waals surface area contributed by atoms with Crippen molar-refractivity contribution in [3.63, 3.8) is 0 Å². The van der Waals surface area contributed by atoms with Gasteiger partial charge in [0.2, 0.25) is 5.96 Å². The fraction of sp³-hybridized carbons (Fsp3) is 0.529. The highest BCUT2D eigenvalue weighted by Gasteiger charge is 2.68. The maximum atomic E-state index is 12.8. The monoisotopic (exact) mass is 424 g/mol. The van der Waals surface area contributed by atoms with Crippen LogP contribution in [-0.2, 0) is 14.3 Å². The molecule has 1 aromatic carbocycles. The fourth-order valence-corrected chi connectivity index (χ4v) is 5.61. The molecule has 0 aliphatic carbocycles. The summed E-state index contributed by atoms with van der Waals surface area (Å²) in [6, 6.07) is 4.86. The third-order valence-corrected chi connectivity index (χ3v) is 7.32. The van der Waals surface area contributed by atoms with E-state index < -0.39 is 39.9 Å². The Kier molecular flexibility index (Phi) is 4.49. The first-order valence-electron chi connectivity index (χ1n) is 9.17. The van der Waals surface area contributed by atoms with Crippen molar-refractivity contribution in [1.82, 2.24) is 9.96 Å². The van der Waals surface area contributed by atoms with Gasteiger partial charge >= 0.3 is 0 Å². The number of rotatable bonds is 4. The lowest BCUT2D eigenvalue weighted by Crippen LogP contribution is -2.71. The second-order valence-electron chi connectivity index (χ2n) is 7.57. The third kappa shape index (κ3) is 2.70. The first-order valence-corrected chi connectivity index (χ1v) is 10.6. The molecule has 4 rings (SSSR count). The van der Waals surface area contributed by atoms with E-state index in [4.69, 9.17) is 15.7 Å². The molecule has 0 aromatic heterocycles. The van der Waals surface area contributed by atoms with Crippen molar-refractivity contribution >= 4 is 22.0 Å². The van der Waals surface area contributed by atoms with E-state index in [-0.39, 0.29) is 30.0 Å². The molecule has 3 aliphatic rings. The molecule has 3 aliphatic heterocycles. The van der Waals surface area contributed by atoms with Gasteiger partial charge in [-0.3, -0.25) is 9.39 Å². The van der Waals surface area contributed by atoms with E-state index in [9.17, 15) is 18.7 Å². The van der Waals surface area contributed by atoms with Gasteiger partial charge < -0.3 is 21.5 Å². The van der Waals surface area contributed by atoms with Crippen LogP contribution >= 0.6 is 0 Å². The van der Waals surface area contributed by atoms with Gasteiger partial charge in [0.1, 0.15) is 18.2 Å². The van der Waals surface area contributed by atoms with Crippen molar-refractivity contribution in [3.05, 3.63) is 29.8 Å².